The lowest BCUT2D eigenvalue weighted by Crippen LogP contribution is -2.39. The Labute approximate surface area is 119 Å². The molecule has 0 aromatic heterocycles. The predicted octanol–water partition coefficient (Wildman–Crippen LogP) is 2.86. The van der Waals surface area contributed by atoms with Gasteiger partial charge in [0, 0.05) is 13.2 Å². The van der Waals surface area contributed by atoms with E-state index in [2.05, 4.69) is 0 Å². The molecule has 1 N–H and O–H groups in total. The van der Waals surface area contributed by atoms with Crippen LogP contribution < -0.4 is 0 Å². The van der Waals surface area contributed by atoms with Crippen LogP contribution in [0.5, 0.6) is 0 Å². The van der Waals surface area contributed by atoms with Gasteiger partial charge in [0.2, 0.25) is 11.7 Å². The molecule has 0 aliphatic rings. The number of carboxylic acids is 1. The van der Waals surface area contributed by atoms with Crippen molar-refractivity contribution in [1.82, 2.24) is 0 Å². The molecule has 120 valence electrons. The van der Waals surface area contributed by atoms with Crippen LogP contribution in [0.2, 0.25) is 0 Å². The number of alkyl halides is 1. The average molecular weight is 314 g/mol. The molecule has 0 heterocycles. The van der Waals surface area contributed by atoms with Gasteiger partial charge in [-0.25, -0.2) is 9.18 Å². The van der Waals surface area contributed by atoms with Gasteiger partial charge >= 0.3 is 5.97 Å². The Balaban J connectivity index is 5.35. The van der Waals surface area contributed by atoms with E-state index in [0.29, 0.717) is 0 Å². The monoisotopic (exact) mass is 314 g/mol. The van der Waals surface area contributed by atoms with Crippen molar-refractivity contribution >= 4 is 13.3 Å². The van der Waals surface area contributed by atoms with E-state index in [-0.39, 0.29) is 26.2 Å². The highest BCUT2D eigenvalue weighted by Crippen LogP contribution is 2.56. The van der Waals surface area contributed by atoms with Crippen LogP contribution in [0.25, 0.3) is 0 Å². The average Bonchev–Trinajstić information content (AvgIpc) is 2.38. The minimum atomic E-state index is -3.75. The Morgan fingerprint density at radius 3 is 2.00 bits per heavy atom. The maximum atomic E-state index is 14.3. The molecule has 2 unspecified atom stereocenters. The summed E-state index contributed by atoms with van der Waals surface area (Å²) in [5, 5.41) is 8.97. The first-order valence-electron chi connectivity index (χ1n) is 6.68. The van der Waals surface area contributed by atoms with Gasteiger partial charge in [-0.1, -0.05) is 6.92 Å². The van der Waals surface area contributed by atoms with Gasteiger partial charge in [0.25, 0.3) is 7.37 Å². The van der Waals surface area contributed by atoms with Crippen LogP contribution in [0.15, 0.2) is 0 Å². The minimum Gasteiger partial charge on any atom is -0.479 e. The van der Waals surface area contributed by atoms with E-state index in [1.807, 2.05) is 0 Å². The molecule has 0 rings (SSSR count). The first-order valence-corrected chi connectivity index (χ1v) is 8.56. The van der Waals surface area contributed by atoms with Gasteiger partial charge < -0.3 is 19.1 Å². The van der Waals surface area contributed by atoms with Crippen molar-refractivity contribution in [2.45, 2.75) is 45.8 Å². The molecule has 0 saturated carbocycles. The van der Waals surface area contributed by atoms with Crippen molar-refractivity contribution in [3.63, 3.8) is 0 Å². The number of halogens is 1. The fourth-order valence-electron chi connectivity index (χ4n) is 1.64. The Morgan fingerprint density at radius 1 is 1.20 bits per heavy atom. The zero-order chi connectivity index (χ0) is 15.8. The molecule has 0 saturated heterocycles. The van der Waals surface area contributed by atoms with E-state index in [0.717, 1.165) is 0 Å². The summed E-state index contributed by atoms with van der Waals surface area (Å²) in [6.45, 7) is 6.74. The number of carboxylic acid groups (broad SMARTS) is 1. The van der Waals surface area contributed by atoms with Crippen molar-refractivity contribution < 1.29 is 32.9 Å². The Morgan fingerprint density at radius 2 is 1.70 bits per heavy atom. The summed E-state index contributed by atoms with van der Waals surface area (Å²) in [5.74, 6) is -1.66. The topological polar surface area (TPSA) is 82.1 Å². The fourth-order valence-corrected chi connectivity index (χ4v) is 4.25. The van der Waals surface area contributed by atoms with Gasteiger partial charge in [-0.2, -0.15) is 0 Å². The van der Waals surface area contributed by atoms with E-state index in [9.17, 15) is 13.8 Å². The molecule has 0 aromatic rings. The van der Waals surface area contributed by atoms with Gasteiger partial charge in [0.15, 0.2) is 0 Å². The standard InChI is InChI=1S/C12H24FO6P/c1-5-12(13,10(14)15)9-20(16,19-8-4)11(17-6-2)18-7-3/h11H,5-9H2,1-4H3,(H,14,15). The van der Waals surface area contributed by atoms with Crippen LogP contribution >= 0.6 is 7.37 Å². The number of carbonyl (C=O) groups is 1. The Hall–Kier alpha value is -0.490. The van der Waals surface area contributed by atoms with Gasteiger partial charge in [-0.15, -0.1) is 0 Å². The number of hydrogen-bond donors (Lipinski definition) is 1. The third-order valence-corrected chi connectivity index (χ3v) is 5.28. The van der Waals surface area contributed by atoms with Crippen molar-refractivity contribution in [3.05, 3.63) is 0 Å². The maximum Gasteiger partial charge on any atom is 0.342 e. The van der Waals surface area contributed by atoms with Crippen molar-refractivity contribution in [2.75, 3.05) is 26.0 Å². The molecule has 0 radical (unpaired) electrons. The van der Waals surface area contributed by atoms with E-state index >= 15 is 0 Å². The number of aliphatic carboxylic acids is 1. The SMILES string of the molecule is CCOC(OCC)P(=O)(CC(F)(CC)C(=O)O)OCC. The molecule has 0 amide bonds. The van der Waals surface area contributed by atoms with E-state index in [1.54, 1.807) is 20.8 Å². The molecule has 8 heteroatoms. The zero-order valence-corrected chi connectivity index (χ0v) is 13.3. The highest BCUT2D eigenvalue weighted by Gasteiger charge is 2.49. The molecule has 0 fully saturated rings. The lowest BCUT2D eigenvalue weighted by Gasteiger charge is -2.30. The smallest absolute Gasteiger partial charge is 0.342 e. The summed E-state index contributed by atoms with van der Waals surface area (Å²) in [7, 11) is -3.75. The first kappa shape index (κ1) is 19.5. The van der Waals surface area contributed by atoms with Crippen LogP contribution in [0, 0.1) is 0 Å². The van der Waals surface area contributed by atoms with Crippen molar-refractivity contribution in [1.29, 1.82) is 0 Å². The third-order valence-electron chi connectivity index (χ3n) is 2.70. The van der Waals surface area contributed by atoms with Crippen LogP contribution in [0.4, 0.5) is 4.39 Å². The zero-order valence-electron chi connectivity index (χ0n) is 12.4. The number of rotatable bonds is 11. The second kappa shape index (κ2) is 8.72. The minimum absolute atomic E-state index is 0.0489. The lowest BCUT2D eigenvalue weighted by molar-refractivity contribution is -0.149. The molecule has 20 heavy (non-hydrogen) atoms. The predicted molar refractivity (Wildman–Crippen MR) is 72.9 cm³/mol. The molecule has 0 aliphatic heterocycles. The quantitative estimate of drug-likeness (QED) is 0.466. The molecular weight excluding hydrogens is 290 g/mol. The summed E-state index contributed by atoms with van der Waals surface area (Å²) < 4.78 is 42.7. The molecule has 0 bridgehead atoms. The van der Waals surface area contributed by atoms with E-state index in [1.165, 1.54) is 6.92 Å². The summed E-state index contributed by atoms with van der Waals surface area (Å²) in [4.78, 5) is 11.0. The first-order chi connectivity index (χ1) is 9.29. The summed E-state index contributed by atoms with van der Waals surface area (Å²) in [6.07, 6.45) is -1.09. The van der Waals surface area contributed by atoms with Crippen molar-refractivity contribution in [2.24, 2.45) is 0 Å². The summed E-state index contributed by atoms with van der Waals surface area (Å²) in [5.41, 5.74) is -2.63. The molecule has 6 nitrogen and oxygen atoms in total. The van der Waals surface area contributed by atoms with Crippen LogP contribution in [-0.2, 0) is 23.4 Å². The lowest BCUT2D eigenvalue weighted by atomic mass is 10.1. The van der Waals surface area contributed by atoms with Gasteiger partial charge in [0.1, 0.15) is 0 Å². The normalized spacial score (nSPS) is 17.7. The fraction of sp³-hybridized carbons (Fsp3) is 0.917. The molecule has 0 aliphatic carbocycles. The number of hydrogen-bond acceptors (Lipinski definition) is 5. The Bertz CT molecular complexity index is 345. The third kappa shape index (κ3) is 5.13. The van der Waals surface area contributed by atoms with E-state index < -0.39 is 31.2 Å². The van der Waals surface area contributed by atoms with Gasteiger partial charge in [-0.3, -0.25) is 4.57 Å². The van der Waals surface area contributed by atoms with E-state index in [4.69, 9.17) is 19.1 Å². The van der Waals surface area contributed by atoms with Crippen LogP contribution in [0.3, 0.4) is 0 Å². The van der Waals surface area contributed by atoms with Gasteiger partial charge in [0.05, 0.1) is 12.8 Å². The van der Waals surface area contributed by atoms with Gasteiger partial charge in [-0.05, 0) is 27.2 Å². The molecular formula is C12H24FO6P. The molecule has 0 spiro atoms. The highest BCUT2D eigenvalue weighted by molar-refractivity contribution is 7.59. The molecule has 2 atom stereocenters. The van der Waals surface area contributed by atoms with Crippen molar-refractivity contribution in [3.8, 4) is 0 Å². The number of ether oxygens (including phenoxy) is 2. The second-order valence-electron chi connectivity index (χ2n) is 4.14. The second-order valence-corrected chi connectivity index (χ2v) is 6.59. The largest absolute Gasteiger partial charge is 0.479 e. The summed E-state index contributed by atoms with van der Waals surface area (Å²) >= 11 is 0. The highest BCUT2D eigenvalue weighted by atomic mass is 31.2. The summed E-state index contributed by atoms with van der Waals surface area (Å²) in [6, 6.07) is -1.25. The van der Waals surface area contributed by atoms with Crippen LogP contribution in [0.1, 0.15) is 34.1 Å². The van der Waals surface area contributed by atoms with Crippen LogP contribution in [-0.4, -0.2) is 48.8 Å². The Kier molecular flexibility index (Phi) is 8.51. The maximum absolute atomic E-state index is 14.3. The molecule has 0 aromatic carbocycles.